The van der Waals surface area contributed by atoms with Gasteiger partial charge in [-0.25, -0.2) is 0 Å². The van der Waals surface area contributed by atoms with Crippen molar-refractivity contribution in [3.63, 3.8) is 0 Å². The van der Waals surface area contributed by atoms with Crippen LogP contribution in [-0.2, 0) is 6.61 Å². The molecule has 1 aliphatic heterocycles. The Balaban J connectivity index is 1.19. The Bertz CT molecular complexity index is 751. The molecule has 4 nitrogen and oxygen atoms in total. The van der Waals surface area contributed by atoms with E-state index in [2.05, 4.69) is 62.5 Å². The number of hydrogen-bond donors (Lipinski definition) is 2. The fraction of sp³-hybridized carbons (Fsp3) is 0.455. The lowest BCUT2D eigenvalue weighted by atomic mass is 10.1. The van der Waals surface area contributed by atoms with Gasteiger partial charge in [0.25, 0.3) is 0 Å². The molecule has 5 heteroatoms. The summed E-state index contributed by atoms with van der Waals surface area (Å²) >= 11 is 3.50. The first-order chi connectivity index (χ1) is 13.2. The van der Waals surface area contributed by atoms with E-state index in [9.17, 15) is 0 Å². The molecule has 0 radical (unpaired) electrons. The molecular weight excluding hydrogens is 402 g/mol. The van der Waals surface area contributed by atoms with E-state index >= 15 is 0 Å². The van der Waals surface area contributed by atoms with Gasteiger partial charge >= 0.3 is 0 Å². The minimum Gasteiger partial charge on any atom is -0.489 e. The Labute approximate surface area is 170 Å². The van der Waals surface area contributed by atoms with Crippen molar-refractivity contribution in [1.82, 2.24) is 10.2 Å². The lowest BCUT2D eigenvalue weighted by Gasteiger charge is -2.15. The maximum Gasteiger partial charge on any atom is 0.119 e. The van der Waals surface area contributed by atoms with Crippen LogP contribution in [0.3, 0.4) is 0 Å². The number of nitrogens with one attached hydrogen (secondary N) is 1. The SMILES string of the molecule is N[C@@H]1CCN(CCN[C@@H]2C[C@H]2c2ccc(OCc3cccc(Br)c3)cc2)C1. The molecule has 1 saturated heterocycles. The van der Waals surface area contributed by atoms with Gasteiger partial charge in [-0.3, -0.25) is 0 Å². The van der Waals surface area contributed by atoms with Gasteiger partial charge in [-0.05, 0) is 54.8 Å². The summed E-state index contributed by atoms with van der Waals surface area (Å²) in [6.45, 7) is 4.96. The molecule has 27 heavy (non-hydrogen) atoms. The lowest BCUT2D eigenvalue weighted by Crippen LogP contribution is -2.33. The Hall–Kier alpha value is -1.40. The first-order valence-electron chi connectivity index (χ1n) is 9.86. The third-order valence-electron chi connectivity index (χ3n) is 5.54. The fourth-order valence-corrected chi connectivity index (χ4v) is 4.31. The summed E-state index contributed by atoms with van der Waals surface area (Å²) in [5, 5.41) is 3.70. The van der Waals surface area contributed by atoms with Crippen LogP contribution in [0.15, 0.2) is 53.0 Å². The van der Waals surface area contributed by atoms with Crippen LogP contribution in [0.1, 0.15) is 29.9 Å². The zero-order chi connectivity index (χ0) is 18.6. The predicted octanol–water partition coefficient (Wildman–Crippen LogP) is 3.51. The number of nitrogens with zero attached hydrogens (tertiary/aromatic N) is 1. The van der Waals surface area contributed by atoms with E-state index in [1.807, 2.05) is 12.1 Å². The van der Waals surface area contributed by atoms with Crippen LogP contribution in [0.4, 0.5) is 0 Å². The summed E-state index contributed by atoms with van der Waals surface area (Å²) in [7, 11) is 0. The van der Waals surface area contributed by atoms with Crippen LogP contribution in [0.2, 0.25) is 0 Å². The second-order valence-corrected chi connectivity index (χ2v) is 8.66. The monoisotopic (exact) mass is 429 g/mol. The summed E-state index contributed by atoms with van der Waals surface area (Å²) in [5.74, 6) is 1.57. The molecule has 3 atom stereocenters. The molecular formula is C22H28BrN3O. The first-order valence-corrected chi connectivity index (χ1v) is 10.7. The van der Waals surface area contributed by atoms with Gasteiger partial charge in [0.15, 0.2) is 0 Å². The first kappa shape index (κ1) is 18.9. The molecule has 1 heterocycles. The van der Waals surface area contributed by atoms with Gasteiger partial charge in [0.05, 0.1) is 0 Å². The molecule has 0 spiro atoms. The number of likely N-dealkylation sites (tertiary alicyclic amines) is 1. The maximum absolute atomic E-state index is 5.97. The van der Waals surface area contributed by atoms with Crippen molar-refractivity contribution in [3.05, 3.63) is 64.1 Å². The van der Waals surface area contributed by atoms with Crippen molar-refractivity contribution in [2.45, 2.75) is 37.5 Å². The summed E-state index contributed by atoms with van der Waals surface area (Å²) in [6.07, 6.45) is 2.37. The number of rotatable bonds is 8. The van der Waals surface area contributed by atoms with Crippen molar-refractivity contribution >= 4 is 15.9 Å². The molecule has 0 unspecified atom stereocenters. The predicted molar refractivity (Wildman–Crippen MR) is 113 cm³/mol. The normalized spacial score (nSPS) is 24.9. The van der Waals surface area contributed by atoms with Crippen LogP contribution >= 0.6 is 15.9 Å². The van der Waals surface area contributed by atoms with Gasteiger partial charge in [0, 0.05) is 42.1 Å². The standard InChI is InChI=1S/C22H28BrN3O/c23-18-3-1-2-16(12-18)15-27-20-6-4-17(5-7-20)21-13-22(21)25-9-11-26-10-8-19(24)14-26/h1-7,12,19,21-22,25H,8-11,13-15,24H2/t19-,21+,22-/m1/s1. The van der Waals surface area contributed by atoms with E-state index in [0.29, 0.717) is 24.6 Å². The van der Waals surface area contributed by atoms with E-state index in [0.717, 1.165) is 42.8 Å². The highest BCUT2D eigenvalue weighted by atomic mass is 79.9. The zero-order valence-electron chi connectivity index (χ0n) is 15.6. The molecule has 1 aliphatic carbocycles. The summed E-state index contributed by atoms with van der Waals surface area (Å²) in [4.78, 5) is 2.46. The molecule has 4 rings (SSSR count). The number of halogens is 1. The Morgan fingerprint density at radius 2 is 2.04 bits per heavy atom. The van der Waals surface area contributed by atoms with Crippen molar-refractivity contribution < 1.29 is 4.74 Å². The Morgan fingerprint density at radius 1 is 1.19 bits per heavy atom. The van der Waals surface area contributed by atoms with E-state index in [-0.39, 0.29) is 0 Å². The minimum atomic E-state index is 0.378. The second-order valence-electron chi connectivity index (χ2n) is 7.74. The number of ether oxygens (including phenoxy) is 1. The van der Waals surface area contributed by atoms with Gasteiger partial charge < -0.3 is 20.7 Å². The van der Waals surface area contributed by atoms with Crippen LogP contribution in [0, 0.1) is 0 Å². The minimum absolute atomic E-state index is 0.378. The quantitative estimate of drug-likeness (QED) is 0.673. The summed E-state index contributed by atoms with van der Waals surface area (Å²) < 4.78 is 6.99. The number of hydrogen-bond acceptors (Lipinski definition) is 4. The van der Waals surface area contributed by atoms with Crippen molar-refractivity contribution in [2.24, 2.45) is 5.73 Å². The third kappa shape index (κ3) is 5.32. The van der Waals surface area contributed by atoms with Gasteiger partial charge in [-0.1, -0.05) is 40.2 Å². The van der Waals surface area contributed by atoms with E-state index in [1.165, 1.54) is 17.5 Å². The lowest BCUT2D eigenvalue weighted by molar-refractivity contribution is 0.306. The molecule has 0 aromatic heterocycles. The van der Waals surface area contributed by atoms with Gasteiger partial charge in [0.2, 0.25) is 0 Å². The fourth-order valence-electron chi connectivity index (χ4n) is 3.87. The van der Waals surface area contributed by atoms with Crippen LogP contribution < -0.4 is 15.8 Å². The summed E-state index contributed by atoms with van der Waals surface area (Å²) in [6, 6.07) is 17.8. The third-order valence-corrected chi connectivity index (χ3v) is 6.03. The van der Waals surface area contributed by atoms with Gasteiger partial charge in [-0.2, -0.15) is 0 Å². The molecule has 2 fully saturated rings. The molecule has 1 saturated carbocycles. The van der Waals surface area contributed by atoms with E-state index in [1.54, 1.807) is 0 Å². The average Bonchev–Trinajstić information content (AvgIpc) is 3.32. The molecule has 2 aromatic carbocycles. The number of benzene rings is 2. The molecule has 2 aliphatic rings. The molecule has 3 N–H and O–H groups in total. The van der Waals surface area contributed by atoms with E-state index < -0.39 is 0 Å². The van der Waals surface area contributed by atoms with Crippen molar-refractivity contribution in [2.75, 3.05) is 26.2 Å². The Morgan fingerprint density at radius 3 is 2.78 bits per heavy atom. The molecule has 2 aromatic rings. The molecule has 0 amide bonds. The highest BCUT2D eigenvalue weighted by Gasteiger charge is 2.37. The Kier molecular flexibility index (Phi) is 6.13. The highest BCUT2D eigenvalue weighted by molar-refractivity contribution is 9.10. The van der Waals surface area contributed by atoms with Crippen LogP contribution in [0.25, 0.3) is 0 Å². The van der Waals surface area contributed by atoms with Crippen LogP contribution in [-0.4, -0.2) is 43.2 Å². The maximum atomic E-state index is 5.97. The van der Waals surface area contributed by atoms with Crippen LogP contribution in [0.5, 0.6) is 5.75 Å². The van der Waals surface area contributed by atoms with E-state index in [4.69, 9.17) is 10.5 Å². The van der Waals surface area contributed by atoms with Crippen molar-refractivity contribution in [1.29, 1.82) is 0 Å². The number of nitrogens with two attached hydrogens (primary N) is 1. The zero-order valence-corrected chi connectivity index (χ0v) is 17.2. The summed E-state index contributed by atoms with van der Waals surface area (Å²) in [5.41, 5.74) is 8.54. The largest absolute Gasteiger partial charge is 0.489 e. The molecule has 0 bridgehead atoms. The topological polar surface area (TPSA) is 50.5 Å². The van der Waals surface area contributed by atoms with Gasteiger partial charge in [-0.15, -0.1) is 0 Å². The van der Waals surface area contributed by atoms with Crippen molar-refractivity contribution in [3.8, 4) is 5.75 Å². The highest BCUT2D eigenvalue weighted by Crippen LogP contribution is 2.41. The van der Waals surface area contributed by atoms with Gasteiger partial charge in [0.1, 0.15) is 12.4 Å². The molecule has 144 valence electrons. The second kappa shape index (κ2) is 8.74. The smallest absolute Gasteiger partial charge is 0.119 e. The average molecular weight is 430 g/mol.